The highest BCUT2D eigenvalue weighted by molar-refractivity contribution is 5.82. The Hall–Kier alpha value is -3.39. The highest BCUT2D eigenvalue weighted by Crippen LogP contribution is 2.22. The Bertz CT molecular complexity index is 1260. The largest absolute Gasteiger partial charge is 0.383 e. The molecule has 1 aromatic carbocycles. The Kier molecular flexibility index (Phi) is 5.67. The molecular formula is C22H25N5O3. The number of aromatic amines is 1. The van der Waals surface area contributed by atoms with Gasteiger partial charge in [-0.25, -0.2) is 9.48 Å². The van der Waals surface area contributed by atoms with Crippen molar-refractivity contribution >= 4 is 11.0 Å². The molecular weight excluding hydrogens is 382 g/mol. The van der Waals surface area contributed by atoms with Crippen molar-refractivity contribution < 1.29 is 4.74 Å². The Morgan fingerprint density at radius 3 is 2.63 bits per heavy atom. The van der Waals surface area contributed by atoms with Crippen LogP contribution in [0.5, 0.6) is 0 Å². The first-order valence-electron chi connectivity index (χ1n) is 10.1. The van der Waals surface area contributed by atoms with Gasteiger partial charge in [0.15, 0.2) is 0 Å². The van der Waals surface area contributed by atoms with E-state index in [0.717, 1.165) is 29.8 Å². The average Bonchev–Trinajstić information content (AvgIpc) is 3.42. The minimum Gasteiger partial charge on any atom is -0.383 e. The third kappa shape index (κ3) is 3.61. The number of unbranched alkanes of at least 4 members (excludes halogenated alkanes) is 1. The fourth-order valence-electron chi connectivity index (χ4n) is 3.54. The summed E-state index contributed by atoms with van der Waals surface area (Å²) in [5.41, 5.74) is 2.92. The first-order chi connectivity index (χ1) is 14.6. The predicted molar refractivity (Wildman–Crippen MR) is 116 cm³/mol. The molecule has 0 spiro atoms. The second-order valence-electron chi connectivity index (χ2n) is 7.19. The zero-order valence-corrected chi connectivity index (χ0v) is 17.2. The Morgan fingerprint density at radius 1 is 1.10 bits per heavy atom. The molecule has 3 heterocycles. The van der Waals surface area contributed by atoms with Gasteiger partial charge in [-0.2, -0.15) is 5.10 Å². The number of aromatic nitrogens is 5. The molecule has 4 rings (SSSR count). The van der Waals surface area contributed by atoms with E-state index in [2.05, 4.69) is 10.1 Å². The van der Waals surface area contributed by atoms with Gasteiger partial charge in [0.1, 0.15) is 5.52 Å². The second kappa shape index (κ2) is 8.54. The second-order valence-corrected chi connectivity index (χ2v) is 7.19. The van der Waals surface area contributed by atoms with Crippen LogP contribution in [0.25, 0.3) is 28.0 Å². The molecule has 0 unspecified atom stereocenters. The van der Waals surface area contributed by atoms with Gasteiger partial charge in [0.05, 0.1) is 36.2 Å². The molecule has 8 heteroatoms. The molecule has 0 fully saturated rings. The van der Waals surface area contributed by atoms with E-state index in [1.54, 1.807) is 22.6 Å². The third-order valence-electron chi connectivity index (χ3n) is 5.18. The van der Waals surface area contributed by atoms with Crippen LogP contribution in [0.4, 0.5) is 0 Å². The quantitative estimate of drug-likeness (QED) is 0.487. The van der Waals surface area contributed by atoms with Crippen molar-refractivity contribution in [2.24, 2.45) is 0 Å². The number of para-hydroxylation sites is 1. The lowest BCUT2D eigenvalue weighted by molar-refractivity contribution is 0.186. The summed E-state index contributed by atoms with van der Waals surface area (Å²) in [5, 5.41) is 4.43. The van der Waals surface area contributed by atoms with Gasteiger partial charge >= 0.3 is 5.69 Å². The molecule has 0 atom stereocenters. The molecule has 8 nitrogen and oxygen atoms in total. The summed E-state index contributed by atoms with van der Waals surface area (Å²) in [5.74, 6) is 0. The van der Waals surface area contributed by atoms with Crippen LogP contribution in [0.15, 0.2) is 58.4 Å². The van der Waals surface area contributed by atoms with Crippen LogP contribution in [0.3, 0.4) is 0 Å². The summed E-state index contributed by atoms with van der Waals surface area (Å²) in [6.07, 6.45) is 5.30. The van der Waals surface area contributed by atoms with Gasteiger partial charge < -0.3 is 9.72 Å². The standard InChI is InChI=1S/C22H25N5O3/c1-3-4-10-26-21(28)20-19(25(22(26)29)11-12-30-2)13-18(24-20)16-14-23-27(15-16)17-8-6-5-7-9-17/h5-9,13-15,24H,3-4,10-12H2,1-2H3. The van der Waals surface area contributed by atoms with E-state index >= 15 is 0 Å². The lowest BCUT2D eigenvalue weighted by Crippen LogP contribution is -2.40. The molecule has 0 saturated heterocycles. The van der Waals surface area contributed by atoms with E-state index in [0.29, 0.717) is 30.7 Å². The van der Waals surface area contributed by atoms with Gasteiger partial charge in [0, 0.05) is 25.4 Å². The lowest BCUT2D eigenvalue weighted by Gasteiger charge is -2.11. The molecule has 0 amide bonds. The van der Waals surface area contributed by atoms with E-state index in [9.17, 15) is 9.59 Å². The average molecular weight is 407 g/mol. The molecule has 4 aromatic rings. The summed E-state index contributed by atoms with van der Waals surface area (Å²) in [6.45, 7) is 3.19. The van der Waals surface area contributed by atoms with Crippen LogP contribution in [-0.2, 0) is 17.8 Å². The summed E-state index contributed by atoms with van der Waals surface area (Å²) in [4.78, 5) is 29.2. The summed E-state index contributed by atoms with van der Waals surface area (Å²) in [7, 11) is 1.59. The number of benzene rings is 1. The molecule has 0 saturated carbocycles. The van der Waals surface area contributed by atoms with Crippen molar-refractivity contribution in [3.63, 3.8) is 0 Å². The van der Waals surface area contributed by atoms with Crippen molar-refractivity contribution in [3.05, 3.63) is 69.6 Å². The number of nitrogens with one attached hydrogen (secondary N) is 1. The van der Waals surface area contributed by atoms with Gasteiger partial charge in [0.25, 0.3) is 5.56 Å². The van der Waals surface area contributed by atoms with Crippen LogP contribution >= 0.6 is 0 Å². The third-order valence-corrected chi connectivity index (χ3v) is 5.18. The van der Waals surface area contributed by atoms with Gasteiger partial charge in [0.2, 0.25) is 0 Å². The molecule has 30 heavy (non-hydrogen) atoms. The minimum absolute atomic E-state index is 0.293. The number of methoxy groups -OCH3 is 1. The fraction of sp³-hybridized carbons (Fsp3) is 0.318. The summed E-state index contributed by atoms with van der Waals surface area (Å²) in [6, 6.07) is 11.6. The zero-order chi connectivity index (χ0) is 21.1. The van der Waals surface area contributed by atoms with Crippen LogP contribution < -0.4 is 11.2 Å². The number of ether oxygens (including phenoxy) is 1. The van der Waals surface area contributed by atoms with Gasteiger partial charge in [-0.3, -0.25) is 13.9 Å². The molecule has 0 aliphatic carbocycles. The molecule has 0 radical (unpaired) electrons. The maximum absolute atomic E-state index is 13.0. The monoisotopic (exact) mass is 407 g/mol. The first-order valence-corrected chi connectivity index (χ1v) is 10.1. The van der Waals surface area contributed by atoms with Crippen molar-refractivity contribution in [1.82, 2.24) is 23.9 Å². The van der Waals surface area contributed by atoms with Gasteiger partial charge in [-0.15, -0.1) is 0 Å². The van der Waals surface area contributed by atoms with E-state index in [4.69, 9.17) is 4.74 Å². The maximum Gasteiger partial charge on any atom is 0.331 e. The first kappa shape index (κ1) is 19.9. The van der Waals surface area contributed by atoms with Crippen LogP contribution in [0, 0.1) is 0 Å². The Balaban J connectivity index is 1.83. The molecule has 0 aliphatic heterocycles. The van der Waals surface area contributed by atoms with Crippen LogP contribution in [0.1, 0.15) is 19.8 Å². The number of fused-ring (bicyclic) bond motifs is 1. The number of hydrogen-bond acceptors (Lipinski definition) is 4. The highest BCUT2D eigenvalue weighted by Gasteiger charge is 2.17. The Morgan fingerprint density at radius 2 is 1.90 bits per heavy atom. The van der Waals surface area contributed by atoms with Crippen LogP contribution in [-0.4, -0.2) is 37.6 Å². The highest BCUT2D eigenvalue weighted by atomic mass is 16.5. The van der Waals surface area contributed by atoms with E-state index < -0.39 is 0 Å². The molecule has 3 aromatic heterocycles. The Labute approximate surface area is 173 Å². The van der Waals surface area contributed by atoms with Crippen LogP contribution in [0.2, 0.25) is 0 Å². The fourth-order valence-corrected chi connectivity index (χ4v) is 3.54. The van der Waals surface area contributed by atoms with Crippen molar-refractivity contribution in [2.75, 3.05) is 13.7 Å². The molecule has 0 aliphatic rings. The van der Waals surface area contributed by atoms with Crippen molar-refractivity contribution in [2.45, 2.75) is 32.9 Å². The molecule has 156 valence electrons. The van der Waals surface area contributed by atoms with Crippen molar-refractivity contribution in [1.29, 1.82) is 0 Å². The normalized spacial score (nSPS) is 11.4. The molecule has 0 bridgehead atoms. The zero-order valence-electron chi connectivity index (χ0n) is 17.2. The minimum atomic E-state index is -0.302. The summed E-state index contributed by atoms with van der Waals surface area (Å²) >= 11 is 0. The van der Waals surface area contributed by atoms with Gasteiger partial charge in [-0.05, 0) is 24.6 Å². The number of nitrogens with zero attached hydrogens (tertiary/aromatic N) is 4. The predicted octanol–water partition coefficient (Wildman–Crippen LogP) is 2.79. The van der Waals surface area contributed by atoms with Gasteiger partial charge in [-0.1, -0.05) is 31.5 Å². The topological polar surface area (TPSA) is 86.8 Å². The lowest BCUT2D eigenvalue weighted by atomic mass is 10.2. The smallest absolute Gasteiger partial charge is 0.331 e. The number of rotatable bonds is 8. The maximum atomic E-state index is 13.0. The van der Waals surface area contributed by atoms with E-state index in [1.165, 1.54) is 4.57 Å². The SMILES string of the molecule is CCCCn1c(=O)c2[nH]c(-c3cnn(-c4ccccc4)c3)cc2n(CCOC)c1=O. The van der Waals surface area contributed by atoms with E-state index in [1.807, 2.05) is 49.5 Å². The number of H-pyrrole nitrogens is 1. The molecule has 1 N–H and O–H groups in total. The van der Waals surface area contributed by atoms with Crippen molar-refractivity contribution in [3.8, 4) is 16.9 Å². The summed E-state index contributed by atoms with van der Waals surface area (Å²) < 4.78 is 9.87. The van der Waals surface area contributed by atoms with E-state index in [-0.39, 0.29) is 11.2 Å². The number of hydrogen-bond donors (Lipinski definition) is 1.